The maximum atomic E-state index is 13.1. The van der Waals surface area contributed by atoms with Crippen molar-refractivity contribution in [2.75, 3.05) is 0 Å². The molecule has 0 aromatic heterocycles. The van der Waals surface area contributed by atoms with Crippen LogP contribution in [-0.4, -0.2) is 5.91 Å². The minimum absolute atomic E-state index is 0.158. The molecule has 0 saturated heterocycles. The third kappa shape index (κ3) is 3.71. The van der Waals surface area contributed by atoms with Crippen molar-refractivity contribution in [3.05, 3.63) is 69.4 Å². The Morgan fingerprint density at radius 2 is 1.76 bits per heavy atom. The van der Waals surface area contributed by atoms with Gasteiger partial charge in [-0.25, -0.2) is 4.39 Å². The SMILES string of the molecule is O=C(NCc1ccc(F)cc1C(F)(F)F)C1(c2ccc(Br)cc2)CC1. The zero-order valence-electron chi connectivity index (χ0n) is 13.0. The van der Waals surface area contributed by atoms with Crippen LogP contribution in [0.4, 0.5) is 17.6 Å². The van der Waals surface area contributed by atoms with E-state index in [9.17, 15) is 22.4 Å². The lowest BCUT2D eigenvalue weighted by molar-refractivity contribution is -0.138. The van der Waals surface area contributed by atoms with Crippen molar-refractivity contribution < 1.29 is 22.4 Å². The summed E-state index contributed by atoms with van der Waals surface area (Å²) in [6.45, 7) is -0.299. The number of amides is 1. The van der Waals surface area contributed by atoms with Gasteiger partial charge in [-0.3, -0.25) is 4.79 Å². The smallest absolute Gasteiger partial charge is 0.351 e. The summed E-state index contributed by atoms with van der Waals surface area (Å²) in [5.74, 6) is -1.27. The highest BCUT2D eigenvalue weighted by Crippen LogP contribution is 2.48. The van der Waals surface area contributed by atoms with Crippen LogP contribution in [0, 0.1) is 5.82 Å². The molecule has 2 nitrogen and oxygen atoms in total. The quantitative estimate of drug-likeness (QED) is 0.702. The molecule has 0 heterocycles. The van der Waals surface area contributed by atoms with Crippen LogP contribution >= 0.6 is 15.9 Å². The molecule has 132 valence electrons. The van der Waals surface area contributed by atoms with Crippen LogP contribution in [0.15, 0.2) is 46.9 Å². The number of carbonyl (C=O) groups excluding carboxylic acids is 1. The van der Waals surface area contributed by atoms with Crippen molar-refractivity contribution in [3.63, 3.8) is 0 Å². The summed E-state index contributed by atoms with van der Waals surface area (Å²) in [7, 11) is 0. The first-order valence-electron chi connectivity index (χ1n) is 7.62. The molecule has 0 bridgehead atoms. The van der Waals surface area contributed by atoms with Crippen molar-refractivity contribution in [2.45, 2.75) is 31.0 Å². The highest BCUT2D eigenvalue weighted by Gasteiger charge is 2.51. The van der Waals surface area contributed by atoms with Gasteiger partial charge in [0.15, 0.2) is 0 Å². The molecular weight excluding hydrogens is 402 g/mol. The van der Waals surface area contributed by atoms with E-state index in [0.717, 1.165) is 22.2 Å². The Hall–Kier alpha value is -1.89. The molecule has 0 aliphatic heterocycles. The van der Waals surface area contributed by atoms with Gasteiger partial charge in [-0.05, 0) is 48.2 Å². The van der Waals surface area contributed by atoms with Gasteiger partial charge < -0.3 is 5.32 Å². The molecule has 0 radical (unpaired) electrons. The van der Waals surface area contributed by atoms with Crippen LogP contribution in [-0.2, 0) is 22.9 Å². The number of rotatable bonds is 4. The van der Waals surface area contributed by atoms with Gasteiger partial charge in [0.2, 0.25) is 5.91 Å². The van der Waals surface area contributed by atoms with E-state index in [2.05, 4.69) is 21.2 Å². The molecule has 1 aliphatic carbocycles. The van der Waals surface area contributed by atoms with Gasteiger partial charge in [-0.15, -0.1) is 0 Å². The molecular formula is C18H14BrF4NO. The molecule has 0 atom stereocenters. The highest BCUT2D eigenvalue weighted by atomic mass is 79.9. The first kappa shape index (κ1) is 17.9. The lowest BCUT2D eigenvalue weighted by Gasteiger charge is -2.18. The Bertz CT molecular complexity index is 798. The lowest BCUT2D eigenvalue weighted by Crippen LogP contribution is -2.34. The minimum Gasteiger partial charge on any atom is -0.351 e. The van der Waals surface area contributed by atoms with Gasteiger partial charge in [-0.1, -0.05) is 34.1 Å². The molecule has 7 heteroatoms. The fraction of sp³-hybridized carbons (Fsp3) is 0.278. The Kier molecular flexibility index (Phi) is 4.62. The second-order valence-corrected chi connectivity index (χ2v) is 6.99. The molecule has 2 aromatic rings. The first-order chi connectivity index (χ1) is 11.7. The van der Waals surface area contributed by atoms with Crippen LogP contribution in [0.3, 0.4) is 0 Å². The second-order valence-electron chi connectivity index (χ2n) is 6.07. The number of benzene rings is 2. The molecule has 25 heavy (non-hydrogen) atoms. The number of halogens is 5. The standard InChI is InChI=1S/C18H14BrF4NO/c19-13-4-2-12(3-5-13)17(7-8-17)16(25)24-10-11-1-6-14(20)9-15(11)18(21,22)23/h1-6,9H,7-8,10H2,(H,24,25). The molecule has 0 spiro atoms. The summed E-state index contributed by atoms with van der Waals surface area (Å²) < 4.78 is 53.1. The Morgan fingerprint density at radius 3 is 2.32 bits per heavy atom. The molecule has 1 N–H and O–H groups in total. The maximum Gasteiger partial charge on any atom is 0.416 e. The molecule has 1 aliphatic rings. The van der Waals surface area contributed by atoms with Gasteiger partial charge in [0, 0.05) is 11.0 Å². The molecule has 2 aromatic carbocycles. The summed E-state index contributed by atoms with van der Waals surface area (Å²) in [6.07, 6.45) is -3.38. The normalized spacial score (nSPS) is 15.7. The number of hydrogen-bond donors (Lipinski definition) is 1. The zero-order valence-corrected chi connectivity index (χ0v) is 14.5. The van der Waals surface area contributed by atoms with E-state index < -0.39 is 23.0 Å². The first-order valence-corrected chi connectivity index (χ1v) is 8.42. The minimum atomic E-state index is -4.68. The van der Waals surface area contributed by atoms with Gasteiger partial charge >= 0.3 is 6.18 Å². The van der Waals surface area contributed by atoms with Crippen LogP contribution < -0.4 is 5.32 Å². The zero-order chi connectivity index (χ0) is 18.2. The van der Waals surface area contributed by atoms with Crippen LogP contribution in [0.5, 0.6) is 0 Å². The van der Waals surface area contributed by atoms with Crippen LogP contribution in [0.2, 0.25) is 0 Å². The second kappa shape index (κ2) is 6.44. The fourth-order valence-corrected chi connectivity index (χ4v) is 3.12. The van der Waals surface area contributed by atoms with Crippen LogP contribution in [0.25, 0.3) is 0 Å². The average Bonchev–Trinajstić information content (AvgIpc) is 3.35. The molecule has 1 fully saturated rings. The van der Waals surface area contributed by atoms with Crippen molar-refractivity contribution in [2.24, 2.45) is 0 Å². The summed E-state index contributed by atoms with van der Waals surface area (Å²) in [6, 6.07) is 9.76. The maximum absolute atomic E-state index is 13.1. The largest absolute Gasteiger partial charge is 0.416 e. The Morgan fingerprint density at radius 1 is 1.12 bits per heavy atom. The van der Waals surface area contributed by atoms with E-state index in [4.69, 9.17) is 0 Å². The number of nitrogens with one attached hydrogen (secondary N) is 1. The Balaban J connectivity index is 1.76. The monoisotopic (exact) mass is 415 g/mol. The summed E-state index contributed by atoms with van der Waals surface area (Å²) >= 11 is 3.33. The highest BCUT2D eigenvalue weighted by molar-refractivity contribution is 9.10. The summed E-state index contributed by atoms with van der Waals surface area (Å²) in [5, 5.41) is 2.57. The van der Waals surface area contributed by atoms with Crippen molar-refractivity contribution in [3.8, 4) is 0 Å². The van der Waals surface area contributed by atoms with Gasteiger partial charge in [0.1, 0.15) is 5.82 Å². The number of hydrogen-bond acceptors (Lipinski definition) is 1. The molecule has 3 rings (SSSR count). The third-order valence-corrected chi connectivity index (χ3v) is 4.93. The van der Waals surface area contributed by atoms with Gasteiger partial charge in [-0.2, -0.15) is 13.2 Å². The topological polar surface area (TPSA) is 29.1 Å². The Labute approximate surface area is 150 Å². The number of carbonyl (C=O) groups is 1. The van der Waals surface area contributed by atoms with Crippen LogP contribution in [0.1, 0.15) is 29.5 Å². The lowest BCUT2D eigenvalue weighted by atomic mass is 9.95. The average molecular weight is 416 g/mol. The van der Waals surface area contributed by atoms with E-state index in [1.807, 2.05) is 24.3 Å². The van der Waals surface area contributed by atoms with Crippen molar-refractivity contribution in [1.82, 2.24) is 5.32 Å². The molecule has 1 saturated carbocycles. The van der Waals surface area contributed by atoms with E-state index in [0.29, 0.717) is 18.9 Å². The third-order valence-electron chi connectivity index (χ3n) is 4.40. The van der Waals surface area contributed by atoms with E-state index in [1.165, 1.54) is 0 Å². The summed E-state index contributed by atoms with van der Waals surface area (Å²) in [5.41, 5.74) is -1.07. The fourth-order valence-electron chi connectivity index (χ4n) is 2.85. The predicted octanol–water partition coefficient (Wildman–Crippen LogP) is 4.96. The molecule has 1 amide bonds. The van der Waals surface area contributed by atoms with E-state index in [1.54, 1.807) is 0 Å². The van der Waals surface area contributed by atoms with Crippen molar-refractivity contribution in [1.29, 1.82) is 0 Å². The molecule has 0 unspecified atom stereocenters. The summed E-state index contributed by atoms with van der Waals surface area (Å²) in [4.78, 5) is 12.5. The van der Waals surface area contributed by atoms with Crippen molar-refractivity contribution >= 4 is 21.8 Å². The van der Waals surface area contributed by atoms with Gasteiger partial charge in [0.05, 0.1) is 11.0 Å². The van der Waals surface area contributed by atoms with E-state index in [-0.39, 0.29) is 18.0 Å². The predicted molar refractivity (Wildman–Crippen MR) is 88.3 cm³/mol. The van der Waals surface area contributed by atoms with Gasteiger partial charge in [0.25, 0.3) is 0 Å². The number of alkyl halides is 3. The van der Waals surface area contributed by atoms with E-state index >= 15 is 0 Å².